The molecule has 0 radical (unpaired) electrons. The van der Waals surface area contributed by atoms with E-state index in [4.69, 9.17) is 26.8 Å². The molecular weight excluding hydrogens is 264 g/mol. The standard InChI is InChI=1S/C14H15ClN2O2/c1-3-18-14-11(16)5-7-13(17-14)19-12-6-4-9(2)8-10(12)15/h4-8H,3,16H2,1-2H3. The lowest BCUT2D eigenvalue weighted by Gasteiger charge is -2.10. The lowest BCUT2D eigenvalue weighted by atomic mass is 10.2. The van der Waals surface area contributed by atoms with Crippen molar-refractivity contribution in [3.8, 4) is 17.5 Å². The van der Waals surface area contributed by atoms with Crippen LogP contribution in [0.15, 0.2) is 30.3 Å². The number of ether oxygens (including phenoxy) is 2. The first-order valence-electron chi connectivity index (χ1n) is 5.93. The van der Waals surface area contributed by atoms with Crippen LogP contribution >= 0.6 is 11.6 Å². The Labute approximate surface area is 117 Å². The summed E-state index contributed by atoms with van der Waals surface area (Å²) >= 11 is 6.10. The minimum Gasteiger partial charge on any atom is -0.476 e. The van der Waals surface area contributed by atoms with Gasteiger partial charge in [-0.15, -0.1) is 0 Å². The third kappa shape index (κ3) is 3.29. The molecule has 5 heteroatoms. The molecule has 0 amide bonds. The highest BCUT2D eigenvalue weighted by molar-refractivity contribution is 6.32. The van der Waals surface area contributed by atoms with E-state index in [1.54, 1.807) is 18.2 Å². The number of aryl methyl sites for hydroxylation is 1. The third-order valence-corrected chi connectivity index (χ3v) is 2.74. The van der Waals surface area contributed by atoms with Crippen LogP contribution < -0.4 is 15.2 Å². The maximum Gasteiger partial charge on any atom is 0.240 e. The first kappa shape index (κ1) is 13.5. The predicted molar refractivity (Wildman–Crippen MR) is 76.1 cm³/mol. The summed E-state index contributed by atoms with van der Waals surface area (Å²) in [5.74, 6) is 1.30. The summed E-state index contributed by atoms with van der Waals surface area (Å²) in [6.07, 6.45) is 0. The molecule has 0 aliphatic heterocycles. The number of nitrogen functional groups attached to an aromatic ring is 1. The van der Waals surface area contributed by atoms with Gasteiger partial charge in [0.1, 0.15) is 5.75 Å². The zero-order valence-electron chi connectivity index (χ0n) is 10.8. The zero-order chi connectivity index (χ0) is 13.8. The van der Waals surface area contributed by atoms with Gasteiger partial charge in [0, 0.05) is 6.07 Å². The topological polar surface area (TPSA) is 57.4 Å². The molecule has 0 spiro atoms. The molecule has 2 rings (SSSR count). The predicted octanol–water partition coefficient (Wildman–Crippen LogP) is 3.82. The van der Waals surface area contributed by atoms with E-state index in [0.29, 0.717) is 34.8 Å². The van der Waals surface area contributed by atoms with Crippen LogP contribution in [0.4, 0.5) is 5.69 Å². The first-order chi connectivity index (χ1) is 9.10. The minimum atomic E-state index is 0.364. The summed E-state index contributed by atoms with van der Waals surface area (Å²) in [5.41, 5.74) is 7.29. The highest BCUT2D eigenvalue weighted by Gasteiger charge is 2.08. The van der Waals surface area contributed by atoms with Crippen molar-refractivity contribution in [2.24, 2.45) is 0 Å². The van der Waals surface area contributed by atoms with Gasteiger partial charge >= 0.3 is 0 Å². The molecular formula is C14H15ClN2O2. The number of nitrogens with two attached hydrogens (primary N) is 1. The lowest BCUT2D eigenvalue weighted by molar-refractivity contribution is 0.323. The van der Waals surface area contributed by atoms with Crippen LogP contribution in [0.1, 0.15) is 12.5 Å². The fraction of sp³-hybridized carbons (Fsp3) is 0.214. The molecule has 1 heterocycles. The molecule has 0 saturated carbocycles. The Kier molecular flexibility index (Phi) is 4.12. The van der Waals surface area contributed by atoms with Gasteiger partial charge in [-0.3, -0.25) is 0 Å². The number of anilines is 1. The Balaban J connectivity index is 2.25. The number of hydrogen-bond acceptors (Lipinski definition) is 4. The monoisotopic (exact) mass is 278 g/mol. The highest BCUT2D eigenvalue weighted by Crippen LogP contribution is 2.31. The number of halogens is 1. The highest BCUT2D eigenvalue weighted by atomic mass is 35.5. The SMILES string of the molecule is CCOc1nc(Oc2ccc(C)cc2Cl)ccc1N. The van der Waals surface area contributed by atoms with E-state index in [0.717, 1.165) is 5.56 Å². The van der Waals surface area contributed by atoms with Crippen LogP contribution in [-0.4, -0.2) is 11.6 Å². The van der Waals surface area contributed by atoms with Gasteiger partial charge < -0.3 is 15.2 Å². The Morgan fingerprint density at radius 2 is 2.05 bits per heavy atom. The van der Waals surface area contributed by atoms with Crippen molar-refractivity contribution in [1.29, 1.82) is 0 Å². The molecule has 0 saturated heterocycles. The quantitative estimate of drug-likeness (QED) is 0.924. The molecule has 0 atom stereocenters. The average Bonchev–Trinajstić information content (AvgIpc) is 2.37. The molecule has 0 fully saturated rings. The maximum atomic E-state index is 6.10. The van der Waals surface area contributed by atoms with E-state index in [1.165, 1.54) is 0 Å². The van der Waals surface area contributed by atoms with Crippen LogP contribution in [0.25, 0.3) is 0 Å². The van der Waals surface area contributed by atoms with Crippen LogP contribution in [0.3, 0.4) is 0 Å². The minimum absolute atomic E-state index is 0.364. The maximum absolute atomic E-state index is 6.10. The van der Waals surface area contributed by atoms with Crippen molar-refractivity contribution < 1.29 is 9.47 Å². The molecule has 2 aromatic rings. The molecule has 0 aliphatic rings. The first-order valence-corrected chi connectivity index (χ1v) is 6.31. The molecule has 0 bridgehead atoms. The van der Waals surface area contributed by atoms with Crippen LogP contribution in [0.2, 0.25) is 5.02 Å². The van der Waals surface area contributed by atoms with Crippen LogP contribution in [0, 0.1) is 6.92 Å². The second-order valence-corrected chi connectivity index (χ2v) is 4.42. The number of pyridine rings is 1. The number of nitrogens with zero attached hydrogens (tertiary/aromatic N) is 1. The van der Waals surface area contributed by atoms with Crippen LogP contribution in [-0.2, 0) is 0 Å². The summed E-state index contributed by atoms with van der Waals surface area (Å²) in [4.78, 5) is 4.19. The van der Waals surface area contributed by atoms with Crippen molar-refractivity contribution in [2.45, 2.75) is 13.8 Å². The van der Waals surface area contributed by atoms with E-state index in [9.17, 15) is 0 Å². The van der Waals surface area contributed by atoms with E-state index in [1.807, 2.05) is 26.0 Å². The normalized spacial score (nSPS) is 10.3. The van der Waals surface area contributed by atoms with Crippen molar-refractivity contribution in [3.05, 3.63) is 40.9 Å². The van der Waals surface area contributed by atoms with Gasteiger partial charge in [0.05, 0.1) is 17.3 Å². The molecule has 19 heavy (non-hydrogen) atoms. The lowest BCUT2D eigenvalue weighted by Crippen LogP contribution is -2.00. The molecule has 1 aromatic carbocycles. The smallest absolute Gasteiger partial charge is 0.240 e. The van der Waals surface area contributed by atoms with Crippen molar-refractivity contribution in [1.82, 2.24) is 4.98 Å². The van der Waals surface area contributed by atoms with E-state index in [-0.39, 0.29) is 0 Å². The zero-order valence-corrected chi connectivity index (χ0v) is 11.6. The van der Waals surface area contributed by atoms with Gasteiger partial charge in [0.15, 0.2) is 0 Å². The molecule has 4 nitrogen and oxygen atoms in total. The summed E-state index contributed by atoms with van der Waals surface area (Å²) < 4.78 is 10.9. The Morgan fingerprint density at radius 1 is 1.26 bits per heavy atom. The average molecular weight is 279 g/mol. The van der Waals surface area contributed by atoms with Gasteiger partial charge in [0.2, 0.25) is 11.8 Å². The molecule has 0 unspecified atom stereocenters. The van der Waals surface area contributed by atoms with Crippen LogP contribution in [0.5, 0.6) is 17.5 Å². The fourth-order valence-electron chi connectivity index (χ4n) is 1.54. The summed E-state index contributed by atoms with van der Waals surface area (Å²) in [6, 6.07) is 8.92. The molecule has 1 aromatic heterocycles. The van der Waals surface area contributed by atoms with E-state index >= 15 is 0 Å². The van der Waals surface area contributed by atoms with Crippen molar-refractivity contribution in [3.63, 3.8) is 0 Å². The Bertz CT molecular complexity index is 588. The number of hydrogen-bond donors (Lipinski definition) is 1. The molecule has 2 N–H and O–H groups in total. The second-order valence-electron chi connectivity index (χ2n) is 4.01. The number of rotatable bonds is 4. The van der Waals surface area contributed by atoms with Gasteiger partial charge in [-0.05, 0) is 37.6 Å². The van der Waals surface area contributed by atoms with Gasteiger partial charge in [0.25, 0.3) is 0 Å². The summed E-state index contributed by atoms with van der Waals surface area (Å²) in [6.45, 7) is 4.32. The number of aromatic nitrogens is 1. The van der Waals surface area contributed by atoms with Gasteiger partial charge in [-0.2, -0.15) is 4.98 Å². The largest absolute Gasteiger partial charge is 0.476 e. The van der Waals surface area contributed by atoms with E-state index < -0.39 is 0 Å². The number of benzene rings is 1. The Morgan fingerprint density at radius 3 is 2.74 bits per heavy atom. The molecule has 100 valence electrons. The van der Waals surface area contributed by atoms with Gasteiger partial charge in [-0.1, -0.05) is 17.7 Å². The summed E-state index contributed by atoms with van der Waals surface area (Å²) in [7, 11) is 0. The fourth-order valence-corrected chi connectivity index (χ4v) is 1.82. The third-order valence-electron chi connectivity index (χ3n) is 2.45. The van der Waals surface area contributed by atoms with E-state index in [2.05, 4.69) is 4.98 Å². The summed E-state index contributed by atoms with van der Waals surface area (Å²) in [5, 5.41) is 0.539. The van der Waals surface area contributed by atoms with Crippen molar-refractivity contribution >= 4 is 17.3 Å². The Hall–Kier alpha value is -1.94. The van der Waals surface area contributed by atoms with Crippen molar-refractivity contribution in [2.75, 3.05) is 12.3 Å². The second kappa shape index (κ2) is 5.80. The van der Waals surface area contributed by atoms with Gasteiger partial charge in [-0.25, -0.2) is 0 Å². The molecule has 0 aliphatic carbocycles.